The Labute approximate surface area is 120 Å². The molecule has 2 atom stereocenters. The first-order valence-electron chi connectivity index (χ1n) is 7.17. The van der Waals surface area contributed by atoms with Crippen LogP contribution >= 0.6 is 0 Å². The average molecular weight is 271 g/mol. The minimum absolute atomic E-state index is 0.0787. The van der Waals surface area contributed by atoms with Gasteiger partial charge in [-0.3, -0.25) is 9.59 Å². The van der Waals surface area contributed by atoms with E-state index in [-0.39, 0.29) is 11.8 Å². The van der Waals surface area contributed by atoms with E-state index in [1.807, 2.05) is 36.4 Å². The highest BCUT2D eigenvalue weighted by molar-refractivity contribution is 5.87. The predicted octanol–water partition coefficient (Wildman–Crippen LogP) is 2.86. The maximum Gasteiger partial charge on any atom is 0.243 e. The van der Waals surface area contributed by atoms with Gasteiger partial charge in [0.15, 0.2) is 0 Å². The Kier molecular flexibility index (Phi) is 5.10. The van der Waals surface area contributed by atoms with Gasteiger partial charge >= 0.3 is 0 Å². The molecule has 1 saturated carbocycles. The molecular formula is C17H21NO2. The molecule has 1 aliphatic carbocycles. The molecule has 0 heterocycles. The second-order valence-corrected chi connectivity index (χ2v) is 5.46. The lowest BCUT2D eigenvalue weighted by Gasteiger charge is -2.13. The zero-order valence-corrected chi connectivity index (χ0v) is 11.8. The van der Waals surface area contributed by atoms with Gasteiger partial charge in [0.2, 0.25) is 5.91 Å². The standard InChI is InChI=1S/C17H21NO2/c1-13(15-8-9-16(19)11-15)7-10-17(20)18-12-14-5-3-2-4-6-14/h2-7,10,13,15H,8-9,11-12H2,1H3,(H,18,20)/b10-7+/t13-,15+/m1/s1. The summed E-state index contributed by atoms with van der Waals surface area (Å²) in [6, 6.07) is 9.83. The van der Waals surface area contributed by atoms with Crippen LogP contribution in [0.15, 0.2) is 42.5 Å². The summed E-state index contributed by atoms with van der Waals surface area (Å²) in [5, 5.41) is 2.86. The van der Waals surface area contributed by atoms with Crippen LogP contribution in [0.1, 0.15) is 31.7 Å². The second kappa shape index (κ2) is 7.04. The lowest BCUT2D eigenvalue weighted by Crippen LogP contribution is -2.20. The molecule has 1 aliphatic rings. The number of nitrogens with one attached hydrogen (secondary N) is 1. The Hall–Kier alpha value is -1.90. The summed E-state index contributed by atoms with van der Waals surface area (Å²) >= 11 is 0. The topological polar surface area (TPSA) is 46.2 Å². The number of ketones is 1. The van der Waals surface area contributed by atoms with E-state index in [2.05, 4.69) is 12.2 Å². The van der Waals surface area contributed by atoms with E-state index in [0.29, 0.717) is 31.1 Å². The molecule has 2 rings (SSSR count). The molecule has 0 bridgehead atoms. The van der Waals surface area contributed by atoms with Crippen LogP contribution in [-0.2, 0) is 16.1 Å². The lowest BCUT2D eigenvalue weighted by molar-refractivity contribution is -0.118. The normalized spacial score (nSPS) is 20.2. The SMILES string of the molecule is C[C@H](/C=C/C(=O)NCc1ccccc1)[C@H]1CCC(=O)C1. The third kappa shape index (κ3) is 4.34. The van der Waals surface area contributed by atoms with Gasteiger partial charge in [-0.15, -0.1) is 0 Å². The molecule has 1 N–H and O–H groups in total. The molecule has 0 aliphatic heterocycles. The van der Waals surface area contributed by atoms with Gasteiger partial charge in [-0.25, -0.2) is 0 Å². The summed E-state index contributed by atoms with van der Waals surface area (Å²) in [4.78, 5) is 23.0. The smallest absolute Gasteiger partial charge is 0.243 e. The molecule has 0 unspecified atom stereocenters. The maximum absolute atomic E-state index is 11.7. The predicted molar refractivity (Wildman–Crippen MR) is 78.9 cm³/mol. The van der Waals surface area contributed by atoms with Crippen LogP contribution < -0.4 is 5.32 Å². The summed E-state index contributed by atoms with van der Waals surface area (Å²) < 4.78 is 0. The Morgan fingerprint density at radius 1 is 1.40 bits per heavy atom. The first kappa shape index (κ1) is 14.5. The van der Waals surface area contributed by atoms with Gasteiger partial charge in [0.1, 0.15) is 5.78 Å². The maximum atomic E-state index is 11.7. The number of allylic oxidation sites excluding steroid dienone is 1. The van der Waals surface area contributed by atoms with E-state index >= 15 is 0 Å². The van der Waals surface area contributed by atoms with Gasteiger partial charge < -0.3 is 5.32 Å². The summed E-state index contributed by atoms with van der Waals surface area (Å²) in [6.45, 7) is 2.62. The minimum Gasteiger partial charge on any atom is -0.348 e. The quantitative estimate of drug-likeness (QED) is 0.837. The van der Waals surface area contributed by atoms with Crippen molar-refractivity contribution < 1.29 is 9.59 Å². The van der Waals surface area contributed by atoms with Crippen molar-refractivity contribution in [2.75, 3.05) is 0 Å². The first-order chi connectivity index (χ1) is 9.65. The van der Waals surface area contributed by atoms with Crippen molar-refractivity contribution in [1.29, 1.82) is 0 Å². The van der Waals surface area contributed by atoms with E-state index < -0.39 is 0 Å². The van der Waals surface area contributed by atoms with Crippen molar-refractivity contribution in [3.05, 3.63) is 48.0 Å². The molecule has 0 aromatic heterocycles. The summed E-state index contributed by atoms with van der Waals surface area (Å²) in [5.74, 6) is 0.957. The van der Waals surface area contributed by atoms with Crippen LogP contribution in [-0.4, -0.2) is 11.7 Å². The van der Waals surface area contributed by atoms with Crippen molar-refractivity contribution in [3.8, 4) is 0 Å². The monoisotopic (exact) mass is 271 g/mol. The van der Waals surface area contributed by atoms with Crippen molar-refractivity contribution in [2.24, 2.45) is 11.8 Å². The zero-order valence-electron chi connectivity index (χ0n) is 11.8. The lowest BCUT2D eigenvalue weighted by atomic mass is 9.92. The Morgan fingerprint density at radius 2 is 2.15 bits per heavy atom. The summed E-state index contributed by atoms with van der Waals surface area (Å²) in [5.41, 5.74) is 1.09. The Morgan fingerprint density at radius 3 is 2.80 bits per heavy atom. The molecule has 1 aromatic carbocycles. The number of benzene rings is 1. The fourth-order valence-corrected chi connectivity index (χ4v) is 2.53. The van der Waals surface area contributed by atoms with Gasteiger partial charge in [0.25, 0.3) is 0 Å². The van der Waals surface area contributed by atoms with Crippen molar-refractivity contribution >= 4 is 11.7 Å². The van der Waals surface area contributed by atoms with E-state index in [9.17, 15) is 9.59 Å². The summed E-state index contributed by atoms with van der Waals surface area (Å²) in [7, 11) is 0. The number of carbonyl (C=O) groups excluding carboxylic acids is 2. The minimum atomic E-state index is -0.0787. The van der Waals surface area contributed by atoms with Gasteiger partial charge in [0.05, 0.1) is 0 Å². The number of amides is 1. The third-order valence-electron chi connectivity index (χ3n) is 3.89. The van der Waals surface area contributed by atoms with Crippen molar-refractivity contribution in [1.82, 2.24) is 5.32 Å². The molecule has 0 saturated heterocycles. The number of rotatable bonds is 5. The van der Waals surface area contributed by atoms with Crippen LogP contribution in [0.2, 0.25) is 0 Å². The van der Waals surface area contributed by atoms with E-state index in [1.165, 1.54) is 0 Å². The van der Waals surface area contributed by atoms with Crippen molar-refractivity contribution in [2.45, 2.75) is 32.7 Å². The molecule has 3 heteroatoms. The molecule has 20 heavy (non-hydrogen) atoms. The van der Waals surface area contributed by atoms with E-state index in [1.54, 1.807) is 6.08 Å². The van der Waals surface area contributed by atoms with Gasteiger partial charge in [-0.2, -0.15) is 0 Å². The van der Waals surface area contributed by atoms with Crippen LogP contribution in [0.3, 0.4) is 0 Å². The Bertz CT molecular complexity index is 493. The number of carbonyl (C=O) groups is 2. The highest BCUT2D eigenvalue weighted by Gasteiger charge is 2.25. The molecule has 1 aromatic rings. The van der Waals surface area contributed by atoms with Gasteiger partial charge in [0, 0.05) is 19.4 Å². The first-order valence-corrected chi connectivity index (χ1v) is 7.17. The zero-order chi connectivity index (χ0) is 14.4. The molecule has 1 amide bonds. The third-order valence-corrected chi connectivity index (χ3v) is 3.89. The van der Waals surface area contributed by atoms with Gasteiger partial charge in [-0.1, -0.05) is 43.3 Å². The molecule has 1 fully saturated rings. The number of hydrogen-bond acceptors (Lipinski definition) is 2. The van der Waals surface area contributed by atoms with Crippen LogP contribution in [0.4, 0.5) is 0 Å². The molecule has 0 radical (unpaired) electrons. The highest BCUT2D eigenvalue weighted by atomic mass is 16.1. The Balaban J connectivity index is 1.76. The van der Waals surface area contributed by atoms with Crippen molar-refractivity contribution in [3.63, 3.8) is 0 Å². The molecule has 0 spiro atoms. The average Bonchev–Trinajstić information content (AvgIpc) is 2.90. The number of hydrogen-bond donors (Lipinski definition) is 1. The van der Waals surface area contributed by atoms with E-state index in [0.717, 1.165) is 12.0 Å². The van der Waals surface area contributed by atoms with Crippen LogP contribution in [0, 0.1) is 11.8 Å². The fourth-order valence-electron chi connectivity index (χ4n) is 2.53. The fraction of sp³-hybridized carbons (Fsp3) is 0.412. The second-order valence-electron chi connectivity index (χ2n) is 5.46. The molecule has 106 valence electrons. The number of Topliss-reactive ketones (excluding diaryl/α,β-unsaturated/α-hetero) is 1. The highest BCUT2D eigenvalue weighted by Crippen LogP contribution is 2.29. The summed E-state index contributed by atoms with van der Waals surface area (Å²) in [6.07, 6.45) is 5.83. The van der Waals surface area contributed by atoms with Crippen LogP contribution in [0.5, 0.6) is 0 Å². The van der Waals surface area contributed by atoms with Gasteiger partial charge in [-0.05, 0) is 29.9 Å². The van der Waals surface area contributed by atoms with E-state index in [4.69, 9.17) is 0 Å². The molecular weight excluding hydrogens is 250 g/mol. The molecule has 3 nitrogen and oxygen atoms in total. The van der Waals surface area contributed by atoms with Crippen LogP contribution in [0.25, 0.3) is 0 Å². The largest absolute Gasteiger partial charge is 0.348 e.